The number of carbonyl (C=O) groups is 1. The van der Waals surface area contributed by atoms with Crippen molar-refractivity contribution in [1.82, 2.24) is 0 Å². The van der Waals surface area contributed by atoms with E-state index in [2.05, 4.69) is 0 Å². The smallest absolute Gasteiger partial charge is 0.169 e. The number of rotatable bonds is 5. The van der Waals surface area contributed by atoms with E-state index in [-0.39, 0.29) is 17.2 Å². The minimum absolute atomic E-state index is 0.0209. The van der Waals surface area contributed by atoms with E-state index in [9.17, 15) is 9.18 Å². The fourth-order valence-corrected chi connectivity index (χ4v) is 3.29. The summed E-state index contributed by atoms with van der Waals surface area (Å²) in [5.74, 6) is -0.514. The van der Waals surface area contributed by atoms with Gasteiger partial charge in [-0.3, -0.25) is 4.79 Å². The second-order valence-electron chi connectivity index (χ2n) is 5.65. The quantitative estimate of drug-likeness (QED) is 0.735. The van der Waals surface area contributed by atoms with Gasteiger partial charge in [0.25, 0.3) is 0 Å². The predicted molar refractivity (Wildman–Crippen MR) is 82.2 cm³/mol. The molecule has 2 nitrogen and oxygen atoms in total. The Balaban J connectivity index is 2.20. The summed E-state index contributed by atoms with van der Waals surface area (Å²) in [5.41, 5.74) is -0.379. The van der Waals surface area contributed by atoms with Gasteiger partial charge in [0.05, 0.1) is 5.02 Å². The third-order valence-electron chi connectivity index (χ3n) is 4.22. The molecule has 1 fully saturated rings. The van der Waals surface area contributed by atoms with Gasteiger partial charge < -0.3 is 4.74 Å². The molecule has 0 spiro atoms. The second kappa shape index (κ2) is 7.37. The average molecular weight is 313 g/mol. The molecule has 0 heterocycles. The first-order valence-corrected chi connectivity index (χ1v) is 8.07. The fraction of sp³-hybridized carbons (Fsp3) is 0.588. The molecular weight excluding hydrogens is 291 g/mol. The van der Waals surface area contributed by atoms with Crippen LogP contribution in [0.15, 0.2) is 18.2 Å². The van der Waals surface area contributed by atoms with E-state index in [1.54, 1.807) is 12.1 Å². The van der Waals surface area contributed by atoms with Gasteiger partial charge in [-0.2, -0.15) is 0 Å². The second-order valence-corrected chi connectivity index (χ2v) is 6.06. The Hall–Kier alpha value is -0.930. The van der Waals surface area contributed by atoms with Gasteiger partial charge in [-0.25, -0.2) is 4.39 Å². The number of benzene rings is 1. The molecule has 1 saturated carbocycles. The maximum atomic E-state index is 14.0. The van der Waals surface area contributed by atoms with E-state index in [0.29, 0.717) is 12.2 Å². The molecule has 0 bridgehead atoms. The van der Waals surface area contributed by atoms with E-state index >= 15 is 0 Å². The molecule has 2 rings (SSSR count). The highest BCUT2D eigenvalue weighted by Gasteiger charge is 2.39. The van der Waals surface area contributed by atoms with Gasteiger partial charge in [0.15, 0.2) is 5.78 Å². The summed E-state index contributed by atoms with van der Waals surface area (Å²) in [4.78, 5) is 12.8. The molecule has 1 aliphatic rings. The molecule has 116 valence electrons. The Kier molecular flexibility index (Phi) is 5.77. The lowest BCUT2D eigenvalue weighted by molar-refractivity contribution is -0.145. The molecule has 0 N–H and O–H groups in total. The SMILES string of the molecule is CCOC1(C(=O)Cc2cccc(Cl)c2F)CCCCCC1. The van der Waals surface area contributed by atoms with Crippen molar-refractivity contribution in [3.8, 4) is 0 Å². The molecule has 0 radical (unpaired) electrons. The van der Waals surface area contributed by atoms with Crippen molar-refractivity contribution in [3.63, 3.8) is 0 Å². The number of ether oxygens (including phenoxy) is 1. The minimum atomic E-state index is -0.736. The van der Waals surface area contributed by atoms with Crippen LogP contribution in [0.3, 0.4) is 0 Å². The van der Waals surface area contributed by atoms with E-state index in [0.717, 1.165) is 38.5 Å². The highest BCUT2D eigenvalue weighted by atomic mass is 35.5. The largest absolute Gasteiger partial charge is 0.367 e. The van der Waals surface area contributed by atoms with Crippen molar-refractivity contribution >= 4 is 17.4 Å². The lowest BCUT2D eigenvalue weighted by atomic mass is 9.86. The summed E-state index contributed by atoms with van der Waals surface area (Å²) < 4.78 is 19.8. The third kappa shape index (κ3) is 3.83. The first-order valence-electron chi connectivity index (χ1n) is 7.69. The molecule has 0 aromatic heterocycles. The summed E-state index contributed by atoms with van der Waals surface area (Å²) in [7, 11) is 0. The van der Waals surface area contributed by atoms with Crippen LogP contribution in [-0.2, 0) is 16.0 Å². The first-order chi connectivity index (χ1) is 10.1. The molecule has 0 atom stereocenters. The van der Waals surface area contributed by atoms with Gasteiger partial charge in [0.1, 0.15) is 11.4 Å². The van der Waals surface area contributed by atoms with Crippen molar-refractivity contribution in [2.45, 2.75) is 57.5 Å². The number of hydrogen-bond acceptors (Lipinski definition) is 2. The Morgan fingerprint density at radius 2 is 1.95 bits per heavy atom. The van der Waals surface area contributed by atoms with Gasteiger partial charge in [-0.05, 0) is 31.4 Å². The summed E-state index contributed by atoms with van der Waals surface area (Å²) in [6.07, 6.45) is 5.77. The summed E-state index contributed by atoms with van der Waals surface area (Å²) in [6, 6.07) is 4.79. The van der Waals surface area contributed by atoms with Gasteiger partial charge in [0.2, 0.25) is 0 Å². The highest BCUT2D eigenvalue weighted by molar-refractivity contribution is 6.30. The van der Waals surface area contributed by atoms with Crippen LogP contribution < -0.4 is 0 Å². The van der Waals surface area contributed by atoms with Crippen LogP contribution in [0, 0.1) is 5.82 Å². The summed E-state index contributed by atoms with van der Waals surface area (Å²) in [6.45, 7) is 2.41. The van der Waals surface area contributed by atoms with Gasteiger partial charge in [-0.15, -0.1) is 0 Å². The lowest BCUT2D eigenvalue weighted by Gasteiger charge is -2.31. The number of hydrogen-bond donors (Lipinski definition) is 0. The zero-order chi connectivity index (χ0) is 15.3. The zero-order valence-corrected chi connectivity index (χ0v) is 13.2. The van der Waals surface area contributed by atoms with E-state index in [1.807, 2.05) is 6.92 Å². The third-order valence-corrected chi connectivity index (χ3v) is 4.51. The van der Waals surface area contributed by atoms with Gasteiger partial charge in [-0.1, -0.05) is 49.4 Å². The number of carbonyl (C=O) groups excluding carboxylic acids is 1. The normalized spacial score (nSPS) is 18.2. The molecule has 0 amide bonds. The number of Topliss-reactive ketones (excluding diaryl/α,β-unsaturated/α-hetero) is 1. The van der Waals surface area contributed by atoms with E-state index < -0.39 is 11.4 Å². The maximum Gasteiger partial charge on any atom is 0.169 e. The van der Waals surface area contributed by atoms with Crippen molar-refractivity contribution < 1.29 is 13.9 Å². The molecule has 4 heteroatoms. The van der Waals surface area contributed by atoms with Crippen molar-refractivity contribution in [2.75, 3.05) is 6.61 Å². The molecule has 1 aromatic rings. The Labute approximate surface area is 130 Å². The van der Waals surface area contributed by atoms with Crippen molar-refractivity contribution in [1.29, 1.82) is 0 Å². The Bertz CT molecular complexity index is 494. The van der Waals surface area contributed by atoms with Gasteiger partial charge >= 0.3 is 0 Å². The Morgan fingerprint density at radius 3 is 2.57 bits per heavy atom. The predicted octanol–water partition coefficient (Wildman–Crippen LogP) is 4.72. The molecule has 0 aliphatic heterocycles. The molecular formula is C17H22ClFO2. The van der Waals surface area contributed by atoms with Crippen LogP contribution in [0.4, 0.5) is 4.39 Å². The Morgan fingerprint density at radius 1 is 1.29 bits per heavy atom. The van der Waals surface area contributed by atoms with Crippen LogP contribution in [0.2, 0.25) is 5.02 Å². The van der Waals surface area contributed by atoms with Gasteiger partial charge in [0, 0.05) is 13.0 Å². The molecule has 1 aromatic carbocycles. The lowest BCUT2D eigenvalue weighted by Crippen LogP contribution is -2.42. The highest BCUT2D eigenvalue weighted by Crippen LogP contribution is 2.33. The van der Waals surface area contributed by atoms with Crippen LogP contribution in [0.5, 0.6) is 0 Å². The van der Waals surface area contributed by atoms with Crippen LogP contribution in [0.1, 0.15) is 51.0 Å². The van der Waals surface area contributed by atoms with Crippen LogP contribution >= 0.6 is 11.6 Å². The monoisotopic (exact) mass is 312 g/mol. The number of ketones is 1. The topological polar surface area (TPSA) is 26.3 Å². The molecule has 0 saturated heterocycles. The van der Waals surface area contributed by atoms with Crippen molar-refractivity contribution in [2.24, 2.45) is 0 Å². The molecule has 1 aliphatic carbocycles. The average Bonchev–Trinajstić information content (AvgIpc) is 2.71. The van der Waals surface area contributed by atoms with E-state index in [4.69, 9.17) is 16.3 Å². The van der Waals surface area contributed by atoms with Crippen molar-refractivity contribution in [3.05, 3.63) is 34.6 Å². The fourth-order valence-electron chi connectivity index (χ4n) is 3.10. The summed E-state index contributed by atoms with van der Waals surface area (Å²) >= 11 is 5.79. The van der Waals surface area contributed by atoms with Crippen LogP contribution in [-0.4, -0.2) is 18.0 Å². The standard InChI is InChI=1S/C17H22ClFO2/c1-2-21-17(10-5-3-4-6-11-17)15(20)12-13-8-7-9-14(18)16(13)19/h7-9H,2-6,10-12H2,1H3. The van der Waals surface area contributed by atoms with E-state index in [1.165, 1.54) is 6.07 Å². The van der Waals surface area contributed by atoms with Crippen LogP contribution in [0.25, 0.3) is 0 Å². The molecule has 21 heavy (non-hydrogen) atoms. The summed E-state index contributed by atoms with van der Waals surface area (Å²) in [5, 5.41) is 0.0617. The zero-order valence-electron chi connectivity index (χ0n) is 12.5. The molecule has 0 unspecified atom stereocenters. The minimum Gasteiger partial charge on any atom is -0.367 e. The number of halogens is 2. The maximum absolute atomic E-state index is 14.0. The first kappa shape index (κ1) is 16.4.